The number of rotatable bonds is 2. The molecule has 0 aliphatic rings. The van der Waals surface area contributed by atoms with Crippen LogP contribution in [0.2, 0.25) is 0 Å². The molecule has 0 saturated carbocycles. The number of methoxy groups -OCH3 is 1. The molecule has 0 heterocycles. The Hall–Kier alpha value is -0.630. The molecule has 2 heteroatoms. The molecule has 0 aliphatic heterocycles. The Morgan fingerprint density at radius 3 is 1.83 bits per heavy atom. The standard InChI is InChI=1S/C10H16OS/c1-11-9-5-7-10(8-6-9)12(2,3)4/h5-8H,1-4H3. The Morgan fingerprint density at radius 2 is 1.50 bits per heavy atom. The Bertz CT molecular complexity index is 246. The molecule has 0 amide bonds. The van der Waals surface area contributed by atoms with Crippen molar-refractivity contribution in [3.8, 4) is 5.75 Å². The lowest BCUT2D eigenvalue weighted by atomic mass is 10.3. The summed E-state index contributed by atoms with van der Waals surface area (Å²) in [7, 11) is 1.11. The molecule has 0 spiro atoms. The van der Waals surface area contributed by atoms with E-state index in [4.69, 9.17) is 4.74 Å². The molecule has 0 atom stereocenters. The van der Waals surface area contributed by atoms with Crippen LogP contribution in [-0.2, 0) is 0 Å². The fourth-order valence-corrected chi connectivity index (χ4v) is 1.94. The molecule has 0 N–H and O–H groups in total. The minimum absolute atomic E-state index is 0.583. The highest BCUT2D eigenvalue weighted by atomic mass is 32.3. The van der Waals surface area contributed by atoms with Gasteiger partial charge in [-0.1, -0.05) is 0 Å². The van der Waals surface area contributed by atoms with Gasteiger partial charge in [-0.3, -0.25) is 0 Å². The van der Waals surface area contributed by atoms with Crippen molar-refractivity contribution in [3.05, 3.63) is 24.3 Å². The van der Waals surface area contributed by atoms with E-state index in [1.807, 2.05) is 12.1 Å². The highest BCUT2D eigenvalue weighted by Gasteiger charge is 2.06. The fourth-order valence-electron chi connectivity index (χ4n) is 0.984. The van der Waals surface area contributed by atoms with E-state index in [1.165, 1.54) is 4.90 Å². The lowest BCUT2D eigenvalue weighted by Gasteiger charge is -2.25. The van der Waals surface area contributed by atoms with Crippen molar-refractivity contribution in [2.45, 2.75) is 4.90 Å². The van der Waals surface area contributed by atoms with Gasteiger partial charge in [0.1, 0.15) is 5.75 Å². The summed E-state index contributed by atoms with van der Waals surface area (Å²) < 4.78 is 5.09. The lowest BCUT2D eigenvalue weighted by Crippen LogP contribution is -1.92. The zero-order valence-electron chi connectivity index (χ0n) is 8.13. The molecular formula is C10H16OS. The lowest BCUT2D eigenvalue weighted by molar-refractivity contribution is 0.414. The molecule has 1 nitrogen and oxygen atoms in total. The molecule has 68 valence electrons. The zero-order valence-corrected chi connectivity index (χ0v) is 8.94. The minimum atomic E-state index is -0.583. The fraction of sp³-hybridized carbons (Fsp3) is 0.400. The van der Waals surface area contributed by atoms with Crippen molar-refractivity contribution in [2.75, 3.05) is 25.9 Å². The number of ether oxygens (including phenoxy) is 1. The molecule has 1 rings (SSSR count). The molecule has 1 aromatic rings. The van der Waals surface area contributed by atoms with Crippen LogP contribution in [0.15, 0.2) is 29.2 Å². The highest BCUT2D eigenvalue weighted by molar-refractivity contribution is 8.32. The Morgan fingerprint density at radius 1 is 1.00 bits per heavy atom. The summed E-state index contributed by atoms with van der Waals surface area (Å²) >= 11 is 0. The normalized spacial score (nSPS) is 12.7. The molecule has 1 aromatic carbocycles. The third kappa shape index (κ3) is 2.18. The van der Waals surface area contributed by atoms with Crippen LogP contribution in [-0.4, -0.2) is 25.9 Å². The molecule has 0 aromatic heterocycles. The maximum absolute atomic E-state index is 5.09. The summed E-state index contributed by atoms with van der Waals surface area (Å²) in [6.45, 7) is 0. The largest absolute Gasteiger partial charge is 0.497 e. The van der Waals surface area contributed by atoms with Crippen LogP contribution in [0.4, 0.5) is 0 Å². The van der Waals surface area contributed by atoms with Crippen LogP contribution >= 0.6 is 10.0 Å². The SMILES string of the molecule is COc1ccc(S(C)(C)C)cc1. The molecule has 0 saturated heterocycles. The molecule has 0 aliphatic carbocycles. The topological polar surface area (TPSA) is 9.23 Å². The number of hydrogen-bond acceptors (Lipinski definition) is 1. The van der Waals surface area contributed by atoms with Gasteiger partial charge in [-0.25, -0.2) is 10.0 Å². The van der Waals surface area contributed by atoms with Crippen LogP contribution in [0.3, 0.4) is 0 Å². The van der Waals surface area contributed by atoms with Crippen LogP contribution in [0.25, 0.3) is 0 Å². The van der Waals surface area contributed by atoms with Gasteiger partial charge in [0.2, 0.25) is 0 Å². The van der Waals surface area contributed by atoms with E-state index < -0.39 is 10.0 Å². The van der Waals surface area contributed by atoms with Gasteiger partial charge in [-0.05, 0) is 47.9 Å². The quantitative estimate of drug-likeness (QED) is 0.686. The van der Waals surface area contributed by atoms with Crippen molar-refractivity contribution in [3.63, 3.8) is 0 Å². The van der Waals surface area contributed by atoms with E-state index in [9.17, 15) is 0 Å². The van der Waals surface area contributed by atoms with E-state index in [-0.39, 0.29) is 0 Å². The summed E-state index contributed by atoms with van der Waals surface area (Å²) in [5.41, 5.74) is 0. The summed E-state index contributed by atoms with van der Waals surface area (Å²) in [6, 6.07) is 8.34. The monoisotopic (exact) mass is 184 g/mol. The van der Waals surface area contributed by atoms with Crippen molar-refractivity contribution in [1.29, 1.82) is 0 Å². The maximum Gasteiger partial charge on any atom is 0.118 e. The maximum atomic E-state index is 5.09. The molecule has 0 fully saturated rings. The predicted molar refractivity (Wildman–Crippen MR) is 56.6 cm³/mol. The first-order valence-corrected chi connectivity index (χ1v) is 6.72. The van der Waals surface area contributed by atoms with Gasteiger partial charge < -0.3 is 4.74 Å². The zero-order chi connectivity index (χ0) is 9.19. The summed E-state index contributed by atoms with van der Waals surface area (Å²) in [4.78, 5) is 1.42. The molecule has 12 heavy (non-hydrogen) atoms. The van der Waals surface area contributed by atoms with Gasteiger partial charge in [-0.2, -0.15) is 0 Å². The van der Waals surface area contributed by atoms with E-state index >= 15 is 0 Å². The Balaban J connectivity index is 2.93. The summed E-state index contributed by atoms with van der Waals surface area (Å²) in [5.74, 6) is 0.933. The second kappa shape index (κ2) is 3.40. The third-order valence-electron chi connectivity index (χ3n) is 1.77. The van der Waals surface area contributed by atoms with Crippen molar-refractivity contribution in [2.24, 2.45) is 0 Å². The van der Waals surface area contributed by atoms with Gasteiger partial charge in [-0.15, -0.1) is 0 Å². The first kappa shape index (κ1) is 9.46. The van der Waals surface area contributed by atoms with Crippen LogP contribution in [0, 0.1) is 0 Å². The minimum Gasteiger partial charge on any atom is -0.497 e. The second-order valence-electron chi connectivity index (χ2n) is 3.51. The Kier molecular flexibility index (Phi) is 2.68. The predicted octanol–water partition coefficient (Wildman–Crippen LogP) is 2.75. The van der Waals surface area contributed by atoms with E-state index in [0.717, 1.165) is 5.75 Å². The van der Waals surface area contributed by atoms with Crippen molar-refractivity contribution < 1.29 is 4.74 Å². The van der Waals surface area contributed by atoms with Gasteiger partial charge in [0.15, 0.2) is 0 Å². The average Bonchev–Trinajstić information content (AvgIpc) is 2.03. The third-order valence-corrected chi connectivity index (χ3v) is 3.45. The van der Waals surface area contributed by atoms with E-state index in [0.29, 0.717) is 0 Å². The van der Waals surface area contributed by atoms with E-state index in [1.54, 1.807) is 7.11 Å². The first-order chi connectivity index (χ1) is 5.54. The van der Waals surface area contributed by atoms with Gasteiger partial charge in [0.25, 0.3) is 0 Å². The smallest absolute Gasteiger partial charge is 0.118 e. The average molecular weight is 184 g/mol. The highest BCUT2D eigenvalue weighted by Crippen LogP contribution is 2.45. The first-order valence-electron chi connectivity index (χ1n) is 3.86. The van der Waals surface area contributed by atoms with Gasteiger partial charge >= 0.3 is 0 Å². The van der Waals surface area contributed by atoms with Crippen molar-refractivity contribution >= 4 is 10.0 Å². The molecule has 0 unspecified atom stereocenters. The number of benzene rings is 1. The molecule has 0 radical (unpaired) electrons. The van der Waals surface area contributed by atoms with Crippen LogP contribution in [0.5, 0.6) is 5.75 Å². The van der Waals surface area contributed by atoms with Crippen molar-refractivity contribution in [1.82, 2.24) is 0 Å². The van der Waals surface area contributed by atoms with E-state index in [2.05, 4.69) is 30.9 Å². The molecular weight excluding hydrogens is 168 g/mol. The second-order valence-corrected chi connectivity index (χ2v) is 7.66. The summed E-state index contributed by atoms with van der Waals surface area (Å²) in [5, 5.41) is 0. The number of hydrogen-bond donors (Lipinski definition) is 0. The van der Waals surface area contributed by atoms with Gasteiger partial charge in [0, 0.05) is 0 Å². The molecule has 0 bridgehead atoms. The Labute approximate surface area is 76.1 Å². The van der Waals surface area contributed by atoms with Crippen LogP contribution in [0.1, 0.15) is 0 Å². The summed E-state index contributed by atoms with van der Waals surface area (Å²) in [6.07, 6.45) is 6.86. The van der Waals surface area contributed by atoms with Crippen LogP contribution < -0.4 is 4.74 Å². The van der Waals surface area contributed by atoms with Gasteiger partial charge in [0.05, 0.1) is 7.11 Å².